The first-order valence-electron chi connectivity index (χ1n) is 8.74. The number of ether oxygens (including phenoxy) is 1. The van der Waals surface area contributed by atoms with Gasteiger partial charge in [-0.2, -0.15) is 0 Å². The molecular formula is C17H34N2O. The maximum Gasteiger partial charge on any atom is 0.0700 e. The molecule has 1 aliphatic carbocycles. The molecule has 0 spiro atoms. The Bertz CT molecular complexity index is 282. The second-order valence-corrected chi connectivity index (χ2v) is 6.94. The first-order chi connectivity index (χ1) is 9.65. The van der Waals surface area contributed by atoms with E-state index in [2.05, 4.69) is 37.9 Å². The van der Waals surface area contributed by atoms with Crippen molar-refractivity contribution in [2.45, 2.75) is 71.6 Å². The van der Waals surface area contributed by atoms with E-state index in [1.54, 1.807) is 0 Å². The lowest BCUT2D eigenvalue weighted by molar-refractivity contribution is -0.0595. The van der Waals surface area contributed by atoms with Crippen LogP contribution in [0.1, 0.15) is 53.4 Å². The average molecular weight is 282 g/mol. The highest BCUT2D eigenvalue weighted by molar-refractivity contribution is 4.93. The molecule has 1 heterocycles. The SMILES string of the molecule is CCNC1CCC(C(C)C)CC1N1CCOC(CC)C1. The van der Waals surface area contributed by atoms with Crippen LogP contribution in [0.25, 0.3) is 0 Å². The van der Waals surface area contributed by atoms with Gasteiger partial charge in [-0.05, 0) is 44.1 Å². The minimum Gasteiger partial charge on any atom is -0.376 e. The van der Waals surface area contributed by atoms with Crippen LogP contribution in [0, 0.1) is 11.8 Å². The summed E-state index contributed by atoms with van der Waals surface area (Å²) < 4.78 is 5.86. The van der Waals surface area contributed by atoms with Gasteiger partial charge in [-0.15, -0.1) is 0 Å². The van der Waals surface area contributed by atoms with Crippen LogP contribution in [0.3, 0.4) is 0 Å². The van der Waals surface area contributed by atoms with Crippen LogP contribution in [0.4, 0.5) is 0 Å². The number of nitrogens with zero attached hydrogens (tertiary/aromatic N) is 1. The molecule has 0 bridgehead atoms. The molecule has 1 aliphatic heterocycles. The predicted octanol–water partition coefficient (Wildman–Crippen LogP) is 2.90. The first kappa shape index (κ1) is 16.3. The molecular weight excluding hydrogens is 248 g/mol. The third-order valence-corrected chi connectivity index (χ3v) is 5.36. The summed E-state index contributed by atoms with van der Waals surface area (Å²) in [6, 6.07) is 1.40. The lowest BCUT2D eigenvalue weighted by Crippen LogP contribution is -2.57. The van der Waals surface area contributed by atoms with Crippen LogP contribution < -0.4 is 5.32 Å². The van der Waals surface area contributed by atoms with Crippen molar-refractivity contribution < 1.29 is 4.74 Å². The summed E-state index contributed by atoms with van der Waals surface area (Å²) in [4.78, 5) is 2.72. The minimum atomic E-state index is 0.449. The van der Waals surface area contributed by atoms with Crippen molar-refractivity contribution in [2.24, 2.45) is 11.8 Å². The van der Waals surface area contributed by atoms with E-state index < -0.39 is 0 Å². The topological polar surface area (TPSA) is 24.5 Å². The molecule has 0 aromatic carbocycles. The van der Waals surface area contributed by atoms with Crippen molar-refractivity contribution in [2.75, 3.05) is 26.2 Å². The standard InChI is InChI=1S/C17H34N2O/c1-5-15-12-19(9-10-20-15)17-11-14(13(3)4)7-8-16(17)18-6-2/h13-18H,5-12H2,1-4H3. The van der Waals surface area contributed by atoms with Crippen LogP contribution >= 0.6 is 0 Å². The van der Waals surface area contributed by atoms with Gasteiger partial charge in [0.2, 0.25) is 0 Å². The van der Waals surface area contributed by atoms with E-state index in [-0.39, 0.29) is 0 Å². The van der Waals surface area contributed by atoms with Crippen molar-refractivity contribution in [3.63, 3.8) is 0 Å². The molecule has 1 saturated carbocycles. The largest absolute Gasteiger partial charge is 0.376 e. The lowest BCUT2D eigenvalue weighted by atomic mass is 9.76. The quantitative estimate of drug-likeness (QED) is 0.839. The third kappa shape index (κ3) is 3.96. The second-order valence-electron chi connectivity index (χ2n) is 6.94. The summed E-state index contributed by atoms with van der Waals surface area (Å²) in [6.07, 6.45) is 5.70. The molecule has 3 nitrogen and oxygen atoms in total. The maximum absolute atomic E-state index is 5.86. The monoisotopic (exact) mass is 282 g/mol. The van der Waals surface area contributed by atoms with Gasteiger partial charge in [0.1, 0.15) is 0 Å². The lowest BCUT2D eigenvalue weighted by Gasteiger charge is -2.46. The molecule has 2 rings (SSSR count). The second kappa shape index (κ2) is 7.77. The highest BCUT2D eigenvalue weighted by Crippen LogP contribution is 2.33. The number of hydrogen-bond donors (Lipinski definition) is 1. The molecule has 4 unspecified atom stereocenters. The molecule has 20 heavy (non-hydrogen) atoms. The van der Waals surface area contributed by atoms with Crippen LogP contribution in [-0.2, 0) is 4.74 Å². The fraction of sp³-hybridized carbons (Fsp3) is 1.00. The fourth-order valence-electron chi connectivity index (χ4n) is 3.98. The molecule has 3 heteroatoms. The molecule has 1 saturated heterocycles. The molecule has 0 aromatic heterocycles. The van der Waals surface area contributed by atoms with Crippen LogP contribution in [0.2, 0.25) is 0 Å². The summed E-state index contributed by atoms with van der Waals surface area (Å²) in [5.41, 5.74) is 0. The zero-order valence-corrected chi connectivity index (χ0v) is 13.9. The van der Waals surface area contributed by atoms with E-state index in [9.17, 15) is 0 Å². The van der Waals surface area contributed by atoms with Gasteiger partial charge in [-0.1, -0.05) is 27.7 Å². The Kier molecular flexibility index (Phi) is 6.31. The number of rotatable bonds is 5. The normalized spacial score (nSPS) is 36.5. The molecule has 4 atom stereocenters. The average Bonchev–Trinajstić information content (AvgIpc) is 2.48. The third-order valence-electron chi connectivity index (χ3n) is 5.36. The molecule has 0 amide bonds. The summed E-state index contributed by atoms with van der Waals surface area (Å²) in [6.45, 7) is 13.5. The van der Waals surface area contributed by atoms with E-state index in [0.29, 0.717) is 18.2 Å². The zero-order valence-electron chi connectivity index (χ0n) is 13.9. The molecule has 1 N–H and O–H groups in total. The first-order valence-corrected chi connectivity index (χ1v) is 8.74. The van der Waals surface area contributed by atoms with Crippen LogP contribution in [0.5, 0.6) is 0 Å². The van der Waals surface area contributed by atoms with E-state index in [1.165, 1.54) is 19.3 Å². The number of nitrogens with one attached hydrogen (secondary N) is 1. The summed E-state index contributed by atoms with van der Waals surface area (Å²) in [7, 11) is 0. The molecule has 2 fully saturated rings. The number of likely N-dealkylation sites (N-methyl/N-ethyl adjacent to an activating group) is 1. The Morgan fingerprint density at radius 1 is 1.25 bits per heavy atom. The van der Waals surface area contributed by atoms with Gasteiger partial charge in [0, 0.05) is 25.2 Å². The summed E-state index contributed by atoms with van der Waals surface area (Å²) in [5.74, 6) is 1.72. The Labute approximate surface area is 125 Å². The Hall–Kier alpha value is -0.120. The Balaban J connectivity index is 2.02. The van der Waals surface area contributed by atoms with Crippen molar-refractivity contribution in [3.05, 3.63) is 0 Å². The minimum absolute atomic E-state index is 0.449. The van der Waals surface area contributed by atoms with Crippen molar-refractivity contribution in [1.29, 1.82) is 0 Å². The van der Waals surface area contributed by atoms with Crippen molar-refractivity contribution >= 4 is 0 Å². The highest BCUT2D eigenvalue weighted by Gasteiger charge is 2.36. The van der Waals surface area contributed by atoms with Crippen molar-refractivity contribution in [1.82, 2.24) is 10.2 Å². The van der Waals surface area contributed by atoms with E-state index in [4.69, 9.17) is 4.74 Å². The van der Waals surface area contributed by atoms with Gasteiger partial charge in [0.05, 0.1) is 12.7 Å². The van der Waals surface area contributed by atoms with Crippen molar-refractivity contribution in [3.8, 4) is 0 Å². The zero-order chi connectivity index (χ0) is 14.5. The van der Waals surface area contributed by atoms with E-state index >= 15 is 0 Å². The smallest absolute Gasteiger partial charge is 0.0700 e. The van der Waals surface area contributed by atoms with Gasteiger partial charge in [0.25, 0.3) is 0 Å². The predicted molar refractivity (Wildman–Crippen MR) is 85.0 cm³/mol. The Morgan fingerprint density at radius 3 is 2.70 bits per heavy atom. The van der Waals surface area contributed by atoms with Gasteiger partial charge in [-0.25, -0.2) is 0 Å². The van der Waals surface area contributed by atoms with Gasteiger partial charge >= 0.3 is 0 Å². The van der Waals surface area contributed by atoms with Gasteiger partial charge in [-0.3, -0.25) is 4.90 Å². The summed E-state index contributed by atoms with van der Waals surface area (Å²) in [5, 5.41) is 3.74. The molecule has 118 valence electrons. The molecule has 0 aromatic rings. The summed E-state index contributed by atoms with van der Waals surface area (Å²) >= 11 is 0. The van der Waals surface area contributed by atoms with Gasteiger partial charge < -0.3 is 10.1 Å². The number of hydrogen-bond acceptors (Lipinski definition) is 3. The molecule has 2 aliphatic rings. The fourth-order valence-corrected chi connectivity index (χ4v) is 3.98. The Morgan fingerprint density at radius 2 is 2.05 bits per heavy atom. The van der Waals surface area contributed by atoms with E-state index in [0.717, 1.165) is 44.5 Å². The molecule has 0 radical (unpaired) electrons. The van der Waals surface area contributed by atoms with E-state index in [1.807, 2.05) is 0 Å². The van der Waals surface area contributed by atoms with Crippen LogP contribution in [-0.4, -0.2) is 49.3 Å². The number of morpholine rings is 1. The van der Waals surface area contributed by atoms with Crippen LogP contribution in [0.15, 0.2) is 0 Å². The maximum atomic E-state index is 5.86. The van der Waals surface area contributed by atoms with Gasteiger partial charge in [0.15, 0.2) is 0 Å². The highest BCUT2D eigenvalue weighted by atomic mass is 16.5.